The number of carbonyl (C=O) groups excluding carboxylic acids is 1. The third-order valence-corrected chi connectivity index (χ3v) is 5.61. The Labute approximate surface area is 143 Å². The van der Waals surface area contributed by atoms with Gasteiger partial charge in [-0.15, -0.1) is 11.3 Å². The first-order valence-electron chi connectivity index (χ1n) is 7.29. The molecule has 0 aliphatic heterocycles. The van der Waals surface area contributed by atoms with Crippen molar-refractivity contribution in [2.24, 2.45) is 0 Å². The number of nitrogens with zero attached hydrogens (tertiary/aromatic N) is 3. The molecule has 1 amide bonds. The van der Waals surface area contributed by atoms with Crippen molar-refractivity contribution < 1.29 is 4.79 Å². The van der Waals surface area contributed by atoms with Crippen LogP contribution in [-0.2, 0) is 11.3 Å². The van der Waals surface area contributed by atoms with Crippen LogP contribution < -0.4 is 0 Å². The number of hydrogen-bond acceptors (Lipinski definition) is 5. The van der Waals surface area contributed by atoms with Gasteiger partial charge in [0.05, 0.1) is 15.5 Å². The van der Waals surface area contributed by atoms with Crippen molar-refractivity contribution in [3.05, 3.63) is 53.7 Å². The largest absolute Gasteiger partial charge is 0.340 e. The summed E-state index contributed by atoms with van der Waals surface area (Å²) in [6, 6.07) is 12.0. The van der Waals surface area contributed by atoms with E-state index in [-0.39, 0.29) is 11.2 Å². The molecule has 0 saturated heterocycles. The molecule has 118 valence electrons. The van der Waals surface area contributed by atoms with Crippen molar-refractivity contribution in [1.29, 1.82) is 0 Å². The van der Waals surface area contributed by atoms with Crippen molar-refractivity contribution in [3.8, 4) is 0 Å². The monoisotopic (exact) mass is 343 g/mol. The molecule has 0 radical (unpaired) electrons. The van der Waals surface area contributed by atoms with Gasteiger partial charge in [0.2, 0.25) is 5.91 Å². The summed E-state index contributed by atoms with van der Waals surface area (Å²) in [5.41, 5.74) is 2.06. The molecular weight excluding hydrogens is 326 g/mol. The highest BCUT2D eigenvalue weighted by Gasteiger charge is 2.20. The Bertz CT molecular complexity index is 804. The zero-order valence-electron chi connectivity index (χ0n) is 13.0. The van der Waals surface area contributed by atoms with Gasteiger partial charge in [-0.05, 0) is 23.9 Å². The Balaban J connectivity index is 1.68. The lowest BCUT2D eigenvalue weighted by atomic mass is 10.2. The minimum atomic E-state index is -0.191. The standard InChI is InChI=1S/C17H17N3OS2/c1-12(17(21)20(2)10-13-6-4-3-5-7-13)23-16-15-14(8-9-22-15)18-11-19-16/h3-9,11-12H,10H2,1-2H3. The lowest BCUT2D eigenvalue weighted by Gasteiger charge is -2.21. The molecule has 2 aromatic heterocycles. The summed E-state index contributed by atoms with van der Waals surface area (Å²) in [4.78, 5) is 22.9. The van der Waals surface area contributed by atoms with Crippen LogP contribution in [0.5, 0.6) is 0 Å². The molecule has 1 atom stereocenters. The van der Waals surface area contributed by atoms with E-state index in [0.717, 1.165) is 20.8 Å². The second-order valence-electron chi connectivity index (χ2n) is 5.25. The molecule has 0 saturated carbocycles. The van der Waals surface area contributed by atoms with Gasteiger partial charge in [-0.25, -0.2) is 9.97 Å². The zero-order chi connectivity index (χ0) is 16.2. The van der Waals surface area contributed by atoms with Gasteiger partial charge in [0.1, 0.15) is 11.4 Å². The van der Waals surface area contributed by atoms with E-state index in [0.29, 0.717) is 6.54 Å². The summed E-state index contributed by atoms with van der Waals surface area (Å²) in [5, 5.41) is 2.68. The SMILES string of the molecule is CC(Sc1ncnc2ccsc12)C(=O)N(C)Cc1ccccc1. The molecular formula is C17H17N3OS2. The lowest BCUT2D eigenvalue weighted by molar-refractivity contribution is -0.129. The molecule has 1 aromatic carbocycles. The molecule has 3 aromatic rings. The smallest absolute Gasteiger partial charge is 0.235 e. The van der Waals surface area contributed by atoms with Crippen molar-refractivity contribution in [2.45, 2.75) is 23.7 Å². The zero-order valence-corrected chi connectivity index (χ0v) is 14.6. The van der Waals surface area contributed by atoms with Crippen LogP contribution in [0.4, 0.5) is 0 Å². The quantitative estimate of drug-likeness (QED) is 0.522. The Morgan fingerprint density at radius 1 is 1.26 bits per heavy atom. The Kier molecular flexibility index (Phi) is 4.93. The minimum absolute atomic E-state index is 0.0992. The summed E-state index contributed by atoms with van der Waals surface area (Å²) >= 11 is 3.10. The van der Waals surface area contributed by atoms with E-state index in [4.69, 9.17) is 0 Å². The van der Waals surface area contributed by atoms with Gasteiger partial charge in [-0.2, -0.15) is 0 Å². The third kappa shape index (κ3) is 3.71. The first kappa shape index (κ1) is 16.0. The maximum atomic E-state index is 12.6. The van der Waals surface area contributed by atoms with Gasteiger partial charge in [0.25, 0.3) is 0 Å². The van der Waals surface area contributed by atoms with E-state index in [1.165, 1.54) is 11.8 Å². The number of amides is 1. The second kappa shape index (κ2) is 7.10. The van der Waals surface area contributed by atoms with E-state index in [9.17, 15) is 4.79 Å². The molecule has 6 heteroatoms. The van der Waals surface area contributed by atoms with Crippen LogP contribution in [0.25, 0.3) is 10.2 Å². The van der Waals surface area contributed by atoms with Crippen LogP contribution in [0.2, 0.25) is 0 Å². The highest BCUT2D eigenvalue weighted by atomic mass is 32.2. The third-order valence-electron chi connectivity index (χ3n) is 3.49. The van der Waals surface area contributed by atoms with Crippen molar-refractivity contribution in [3.63, 3.8) is 0 Å². The number of benzene rings is 1. The van der Waals surface area contributed by atoms with Crippen LogP contribution in [0, 0.1) is 0 Å². The summed E-state index contributed by atoms with van der Waals surface area (Å²) in [6.07, 6.45) is 1.56. The summed E-state index contributed by atoms with van der Waals surface area (Å²) in [5.74, 6) is 0.0992. The van der Waals surface area contributed by atoms with Gasteiger partial charge in [-0.3, -0.25) is 4.79 Å². The Morgan fingerprint density at radius 3 is 2.83 bits per heavy atom. The highest BCUT2D eigenvalue weighted by Crippen LogP contribution is 2.31. The first-order chi connectivity index (χ1) is 11.1. The topological polar surface area (TPSA) is 46.1 Å². The number of aromatic nitrogens is 2. The van der Waals surface area contributed by atoms with Crippen LogP contribution in [-0.4, -0.2) is 33.1 Å². The number of hydrogen-bond donors (Lipinski definition) is 0. The second-order valence-corrected chi connectivity index (χ2v) is 7.50. The first-order valence-corrected chi connectivity index (χ1v) is 9.05. The molecule has 0 aliphatic carbocycles. The van der Waals surface area contributed by atoms with Gasteiger partial charge < -0.3 is 4.90 Å². The van der Waals surface area contributed by atoms with Crippen LogP contribution in [0.1, 0.15) is 12.5 Å². The number of thioether (sulfide) groups is 1. The molecule has 23 heavy (non-hydrogen) atoms. The molecule has 0 N–H and O–H groups in total. The predicted octanol–water partition coefficient (Wildman–Crippen LogP) is 3.83. The van der Waals surface area contributed by atoms with Crippen LogP contribution >= 0.6 is 23.1 Å². The molecule has 0 fully saturated rings. The number of carbonyl (C=O) groups is 1. The molecule has 0 spiro atoms. The fourth-order valence-electron chi connectivity index (χ4n) is 2.31. The van der Waals surface area contributed by atoms with E-state index in [1.54, 1.807) is 22.6 Å². The van der Waals surface area contributed by atoms with Crippen molar-refractivity contribution in [1.82, 2.24) is 14.9 Å². The van der Waals surface area contributed by atoms with Gasteiger partial charge in [0, 0.05) is 13.6 Å². The highest BCUT2D eigenvalue weighted by molar-refractivity contribution is 8.00. The van der Waals surface area contributed by atoms with E-state index < -0.39 is 0 Å². The molecule has 4 nitrogen and oxygen atoms in total. The summed E-state index contributed by atoms with van der Waals surface area (Å²) < 4.78 is 1.04. The van der Waals surface area contributed by atoms with Crippen molar-refractivity contribution >= 4 is 39.2 Å². The summed E-state index contributed by atoms with van der Waals surface area (Å²) in [7, 11) is 1.84. The van der Waals surface area contributed by atoms with Crippen LogP contribution in [0.15, 0.2) is 53.1 Å². The number of rotatable bonds is 5. The van der Waals surface area contributed by atoms with Crippen molar-refractivity contribution in [2.75, 3.05) is 7.05 Å². The maximum absolute atomic E-state index is 12.6. The van der Waals surface area contributed by atoms with E-state index in [1.807, 2.05) is 55.7 Å². The number of fused-ring (bicyclic) bond motifs is 1. The van der Waals surface area contributed by atoms with Gasteiger partial charge in [0.15, 0.2) is 0 Å². The molecule has 3 rings (SSSR count). The predicted molar refractivity (Wildman–Crippen MR) is 95.7 cm³/mol. The lowest BCUT2D eigenvalue weighted by Crippen LogP contribution is -2.32. The molecule has 2 heterocycles. The maximum Gasteiger partial charge on any atom is 0.235 e. The minimum Gasteiger partial charge on any atom is -0.340 e. The average molecular weight is 343 g/mol. The van der Waals surface area contributed by atoms with E-state index >= 15 is 0 Å². The fourth-order valence-corrected chi connectivity index (χ4v) is 4.27. The van der Waals surface area contributed by atoms with Crippen LogP contribution in [0.3, 0.4) is 0 Å². The number of thiophene rings is 1. The van der Waals surface area contributed by atoms with Gasteiger partial charge in [-0.1, -0.05) is 42.1 Å². The fraction of sp³-hybridized carbons (Fsp3) is 0.235. The average Bonchev–Trinajstić information content (AvgIpc) is 3.04. The van der Waals surface area contributed by atoms with Gasteiger partial charge >= 0.3 is 0 Å². The Hall–Kier alpha value is -1.92. The molecule has 0 aliphatic rings. The normalized spacial score (nSPS) is 12.3. The molecule has 1 unspecified atom stereocenters. The summed E-state index contributed by atoms with van der Waals surface area (Å²) in [6.45, 7) is 2.54. The Morgan fingerprint density at radius 2 is 2.04 bits per heavy atom. The molecule has 0 bridgehead atoms. The van der Waals surface area contributed by atoms with E-state index in [2.05, 4.69) is 9.97 Å².